The molecule has 0 saturated carbocycles. The van der Waals surface area contributed by atoms with Gasteiger partial charge in [0.2, 0.25) is 0 Å². The van der Waals surface area contributed by atoms with Crippen LogP contribution in [0.25, 0.3) is 53.9 Å². The first-order valence-corrected chi connectivity index (χ1v) is 14.4. The molecule has 6 aromatic rings. The van der Waals surface area contributed by atoms with Gasteiger partial charge in [0.25, 0.3) is 0 Å². The topological polar surface area (TPSA) is 0 Å². The minimum Gasteiger partial charge on any atom is -0.0781 e. The van der Waals surface area contributed by atoms with E-state index in [-0.39, 0.29) is 0 Å². The second-order valence-electron chi connectivity index (χ2n) is 8.45. The van der Waals surface area contributed by atoms with Crippen LogP contribution in [0.2, 0.25) is 0 Å². The lowest BCUT2D eigenvalue weighted by Gasteiger charge is -2.14. The standard InChI is InChI=1S/C32H19BrS2/c1-34-11-9-27-29-16-22-7-8-26(33)15-25(22)19-32(29)28(10-12-35-2)31-18-24-14-21-6-4-3-5-20(21)13-23(24)17-30(27)31/h3-8,13-19H,1-2H3. The van der Waals surface area contributed by atoms with Crippen LogP contribution >= 0.6 is 39.5 Å². The molecule has 0 unspecified atom stereocenters. The number of halogens is 1. The molecule has 0 amide bonds. The first-order chi connectivity index (χ1) is 17.2. The normalized spacial score (nSPS) is 11.1. The highest BCUT2D eigenvalue weighted by Crippen LogP contribution is 2.38. The predicted octanol–water partition coefficient (Wildman–Crippen LogP) is 9.56. The number of benzene rings is 6. The van der Waals surface area contributed by atoms with E-state index in [2.05, 4.69) is 117 Å². The van der Waals surface area contributed by atoms with Gasteiger partial charge in [0, 0.05) is 15.6 Å². The van der Waals surface area contributed by atoms with Gasteiger partial charge in [0.05, 0.1) is 0 Å². The molecular weight excluding hydrogens is 528 g/mol. The van der Waals surface area contributed by atoms with Crippen molar-refractivity contribution in [2.45, 2.75) is 0 Å². The van der Waals surface area contributed by atoms with Crippen LogP contribution in [-0.2, 0) is 0 Å². The Morgan fingerprint density at radius 3 is 1.43 bits per heavy atom. The summed E-state index contributed by atoms with van der Waals surface area (Å²) in [6.07, 6.45) is 4.04. The van der Waals surface area contributed by atoms with Crippen molar-refractivity contribution < 1.29 is 0 Å². The summed E-state index contributed by atoms with van der Waals surface area (Å²) in [6.45, 7) is 0. The van der Waals surface area contributed by atoms with Crippen molar-refractivity contribution in [1.29, 1.82) is 0 Å². The van der Waals surface area contributed by atoms with E-state index in [0.717, 1.165) is 37.1 Å². The van der Waals surface area contributed by atoms with E-state index in [4.69, 9.17) is 0 Å². The number of hydrogen-bond acceptors (Lipinski definition) is 2. The Bertz CT molecular complexity index is 1950. The van der Waals surface area contributed by atoms with E-state index < -0.39 is 0 Å². The summed E-state index contributed by atoms with van der Waals surface area (Å²) in [4.78, 5) is 0. The lowest BCUT2D eigenvalue weighted by molar-refractivity contribution is 1.71. The Hall–Kier alpha value is -3.08. The highest BCUT2D eigenvalue weighted by molar-refractivity contribution is 9.10. The maximum absolute atomic E-state index is 3.64. The molecule has 0 aliphatic rings. The van der Waals surface area contributed by atoms with Crippen molar-refractivity contribution in [3.8, 4) is 22.3 Å². The van der Waals surface area contributed by atoms with E-state index >= 15 is 0 Å². The molecule has 0 nitrogen and oxygen atoms in total. The second-order valence-corrected chi connectivity index (χ2v) is 10.6. The molecule has 0 radical (unpaired) electrons. The summed E-state index contributed by atoms with van der Waals surface area (Å²) in [5, 5.41) is 18.5. The molecule has 0 bridgehead atoms. The van der Waals surface area contributed by atoms with Crippen molar-refractivity contribution in [2.75, 3.05) is 12.5 Å². The monoisotopic (exact) mass is 546 g/mol. The number of thioether (sulfide) groups is 2. The Kier molecular flexibility index (Phi) is 5.87. The van der Waals surface area contributed by atoms with Gasteiger partial charge in [-0.1, -0.05) is 81.6 Å². The fourth-order valence-electron chi connectivity index (χ4n) is 4.85. The molecule has 6 rings (SSSR count). The van der Waals surface area contributed by atoms with E-state index in [1.165, 1.54) is 32.3 Å². The Morgan fingerprint density at radius 1 is 0.514 bits per heavy atom. The van der Waals surface area contributed by atoms with Crippen LogP contribution in [0.5, 0.6) is 0 Å². The Balaban J connectivity index is 1.85. The molecule has 0 spiro atoms. The average Bonchev–Trinajstić information content (AvgIpc) is 2.87. The van der Waals surface area contributed by atoms with Gasteiger partial charge in [0.15, 0.2) is 0 Å². The van der Waals surface area contributed by atoms with Crippen molar-refractivity contribution in [1.82, 2.24) is 0 Å². The number of rotatable bonds is 0. The van der Waals surface area contributed by atoms with E-state index in [1.807, 2.05) is 12.5 Å². The lowest BCUT2D eigenvalue weighted by atomic mass is 9.88. The first kappa shape index (κ1) is 22.4. The van der Waals surface area contributed by atoms with Gasteiger partial charge in [-0.05, 0) is 125 Å². The zero-order chi connectivity index (χ0) is 23.9. The lowest BCUT2D eigenvalue weighted by Crippen LogP contribution is -1.92. The molecule has 3 heteroatoms. The molecule has 0 fully saturated rings. The molecule has 6 aromatic carbocycles. The molecule has 166 valence electrons. The predicted molar refractivity (Wildman–Crippen MR) is 162 cm³/mol. The van der Waals surface area contributed by atoms with Crippen molar-refractivity contribution in [3.05, 3.63) is 94.5 Å². The molecule has 0 aromatic heterocycles. The van der Waals surface area contributed by atoms with Gasteiger partial charge in [-0.25, -0.2) is 0 Å². The summed E-state index contributed by atoms with van der Waals surface area (Å²) >= 11 is 6.72. The SMILES string of the molecule is CSC#Cc1c2cc3ccc(Br)cc3cc2c(C#CSC)c2cc3cc4ccccc4cc3cc12. The van der Waals surface area contributed by atoms with Crippen LogP contribution in [0.3, 0.4) is 0 Å². The molecule has 0 aliphatic carbocycles. The van der Waals surface area contributed by atoms with E-state index in [1.54, 1.807) is 23.5 Å². The average molecular weight is 548 g/mol. The van der Waals surface area contributed by atoms with Crippen molar-refractivity contribution in [2.24, 2.45) is 0 Å². The zero-order valence-electron chi connectivity index (χ0n) is 19.2. The maximum atomic E-state index is 3.64. The van der Waals surface area contributed by atoms with Gasteiger partial charge in [0.1, 0.15) is 0 Å². The minimum absolute atomic E-state index is 1.07. The third kappa shape index (κ3) is 3.95. The second kappa shape index (κ2) is 9.18. The largest absolute Gasteiger partial charge is 0.0781 e. The van der Waals surface area contributed by atoms with Crippen LogP contribution in [0.1, 0.15) is 11.1 Å². The molecule has 0 heterocycles. The number of fused-ring (bicyclic) bond motifs is 5. The summed E-state index contributed by atoms with van der Waals surface area (Å²) in [7, 11) is 0. The molecule has 35 heavy (non-hydrogen) atoms. The van der Waals surface area contributed by atoms with Gasteiger partial charge < -0.3 is 0 Å². The quantitative estimate of drug-likeness (QED) is 0.137. The van der Waals surface area contributed by atoms with E-state index in [9.17, 15) is 0 Å². The summed E-state index contributed by atoms with van der Waals surface area (Å²) in [6, 6.07) is 28.7. The van der Waals surface area contributed by atoms with Crippen molar-refractivity contribution in [3.63, 3.8) is 0 Å². The summed E-state index contributed by atoms with van der Waals surface area (Å²) in [5.74, 6) is 6.98. The van der Waals surface area contributed by atoms with Gasteiger partial charge >= 0.3 is 0 Å². The van der Waals surface area contributed by atoms with Crippen LogP contribution < -0.4 is 0 Å². The van der Waals surface area contributed by atoms with Crippen LogP contribution in [-0.4, -0.2) is 12.5 Å². The molecule has 0 N–H and O–H groups in total. The molecule has 0 saturated heterocycles. The highest BCUT2D eigenvalue weighted by Gasteiger charge is 2.15. The zero-order valence-corrected chi connectivity index (χ0v) is 22.4. The highest BCUT2D eigenvalue weighted by atomic mass is 79.9. The third-order valence-corrected chi connectivity index (χ3v) is 7.52. The fourth-order valence-corrected chi connectivity index (χ4v) is 5.64. The molecular formula is C32H19BrS2. The smallest absolute Gasteiger partial charge is 0.0412 e. The number of hydrogen-bond donors (Lipinski definition) is 0. The Labute approximate surface area is 221 Å². The van der Waals surface area contributed by atoms with Gasteiger partial charge in [-0.2, -0.15) is 0 Å². The Morgan fingerprint density at radius 2 is 0.943 bits per heavy atom. The van der Waals surface area contributed by atoms with Crippen LogP contribution in [0, 0.1) is 22.3 Å². The van der Waals surface area contributed by atoms with Crippen LogP contribution in [0.4, 0.5) is 0 Å². The molecule has 0 aliphatic heterocycles. The van der Waals surface area contributed by atoms with Gasteiger partial charge in [-0.15, -0.1) is 0 Å². The fraction of sp³-hybridized carbons (Fsp3) is 0.0625. The minimum atomic E-state index is 1.07. The van der Waals surface area contributed by atoms with Crippen molar-refractivity contribution >= 4 is 93.3 Å². The first-order valence-electron chi connectivity index (χ1n) is 11.2. The molecule has 0 atom stereocenters. The van der Waals surface area contributed by atoms with Crippen LogP contribution in [0.15, 0.2) is 83.3 Å². The summed E-state index contributed by atoms with van der Waals surface area (Å²) in [5.41, 5.74) is 2.13. The van der Waals surface area contributed by atoms with E-state index in [0.29, 0.717) is 0 Å². The van der Waals surface area contributed by atoms with Gasteiger partial charge in [-0.3, -0.25) is 0 Å². The third-order valence-electron chi connectivity index (χ3n) is 6.41. The maximum Gasteiger partial charge on any atom is 0.0412 e. The summed E-state index contributed by atoms with van der Waals surface area (Å²) < 4.78 is 1.07.